The van der Waals surface area contributed by atoms with Crippen LogP contribution in [0.15, 0.2) is 18.2 Å². The van der Waals surface area contributed by atoms with Crippen molar-refractivity contribution in [3.8, 4) is 5.75 Å². The van der Waals surface area contributed by atoms with Gasteiger partial charge in [0, 0.05) is 0 Å². The van der Waals surface area contributed by atoms with E-state index in [9.17, 15) is 4.39 Å². The molecule has 0 saturated heterocycles. The summed E-state index contributed by atoms with van der Waals surface area (Å²) >= 11 is 0. The van der Waals surface area contributed by atoms with Gasteiger partial charge in [0.05, 0.1) is 7.11 Å². The van der Waals surface area contributed by atoms with Gasteiger partial charge in [-0.15, -0.1) is 0 Å². The van der Waals surface area contributed by atoms with E-state index in [0.29, 0.717) is 0 Å². The molecule has 72 valence electrons. The van der Waals surface area contributed by atoms with Crippen LogP contribution in [-0.4, -0.2) is 7.11 Å². The highest BCUT2D eigenvalue weighted by molar-refractivity contribution is 5.31. The smallest absolute Gasteiger partial charge is 0.126 e. The van der Waals surface area contributed by atoms with E-state index < -0.39 is 0 Å². The third-order valence-electron chi connectivity index (χ3n) is 2.35. The van der Waals surface area contributed by atoms with Crippen molar-refractivity contribution in [2.24, 2.45) is 0 Å². The topological polar surface area (TPSA) is 9.23 Å². The second-order valence-corrected chi connectivity index (χ2v) is 3.20. The van der Waals surface area contributed by atoms with Crippen molar-refractivity contribution in [3.05, 3.63) is 29.6 Å². The van der Waals surface area contributed by atoms with E-state index in [4.69, 9.17) is 4.74 Å². The highest BCUT2D eigenvalue weighted by atomic mass is 19.1. The van der Waals surface area contributed by atoms with Crippen LogP contribution in [-0.2, 0) is 0 Å². The van der Waals surface area contributed by atoms with Crippen LogP contribution in [0.5, 0.6) is 5.75 Å². The van der Waals surface area contributed by atoms with E-state index in [-0.39, 0.29) is 11.7 Å². The van der Waals surface area contributed by atoms with E-state index in [1.807, 2.05) is 13.8 Å². The number of rotatable bonds is 3. The summed E-state index contributed by atoms with van der Waals surface area (Å²) in [5.41, 5.74) is 0.738. The second-order valence-electron chi connectivity index (χ2n) is 3.20. The van der Waals surface area contributed by atoms with E-state index in [1.165, 1.54) is 6.07 Å². The van der Waals surface area contributed by atoms with Crippen molar-refractivity contribution in [3.63, 3.8) is 0 Å². The molecule has 13 heavy (non-hydrogen) atoms. The van der Waals surface area contributed by atoms with Gasteiger partial charge in [0.2, 0.25) is 0 Å². The maximum atomic E-state index is 13.3. The lowest BCUT2D eigenvalue weighted by molar-refractivity contribution is 0.412. The minimum atomic E-state index is -0.143. The van der Waals surface area contributed by atoms with Gasteiger partial charge in [0.1, 0.15) is 11.6 Å². The van der Waals surface area contributed by atoms with E-state index in [2.05, 4.69) is 0 Å². The highest BCUT2D eigenvalue weighted by Crippen LogP contribution is 2.25. The van der Waals surface area contributed by atoms with Crippen molar-refractivity contribution >= 4 is 0 Å². The second kappa shape index (κ2) is 4.26. The number of hydrogen-bond donors (Lipinski definition) is 0. The van der Waals surface area contributed by atoms with E-state index in [0.717, 1.165) is 17.7 Å². The Bertz CT molecular complexity index is 283. The molecule has 1 nitrogen and oxygen atoms in total. The molecule has 0 amide bonds. The lowest BCUT2D eigenvalue weighted by Crippen LogP contribution is -1.96. The van der Waals surface area contributed by atoms with Crippen LogP contribution < -0.4 is 4.74 Å². The molecule has 0 bridgehead atoms. The van der Waals surface area contributed by atoms with Gasteiger partial charge in [-0.05, 0) is 36.1 Å². The summed E-state index contributed by atoms with van der Waals surface area (Å²) in [4.78, 5) is 0. The fourth-order valence-corrected chi connectivity index (χ4v) is 1.25. The Kier molecular flexibility index (Phi) is 3.29. The third kappa shape index (κ3) is 2.20. The Morgan fingerprint density at radius 1 is 1.46 bits per heavy atom. The zero-order valence-electron chi connectivity index (χ0n) is 8.30. The van der Waals surface area contributed by atoms with Gasteiger partial charge in [-0.25, -0.2) is 4.39 Å². The summed E-state index contributed by atoms with van der Waals surface area (Å²) < 4.78 is 18.3. The highest BCUT2D eigenvalue weighted by Gasteiger charge is 2.09. The Balaban J connectivity index is 3.03. The minimum absolute atomic E-state index is 0.143. The van der Waals surface area contributed by atoms with E-state index >= 15 is 0 Å². The zero-order chi connectivity index (χ0) is 9.84. The predicted octanol–water partition coefficient (Wildman–Crippen LogP) is 3.35. The first kappa shape index (κ1) is 10.0. The third-order valence-corrected chi connectivity index (χ3v) is 2.35. The lowest BCUT2D eigenvalue weighted by Gasteiger charge is -2.11. The predicted molar refractivity (Wildman–Crippen MR) is 51.7 cm³/mol. The van der Waals surface area contributed by atoms with Crippen molar-refractivity contribution in [2.75, 3.05) is 7.11 Å². The molecule has 0 aliphatic heterocycles. The van der Waals surface area contributed by atoms with Gasteiger partial charge in [-0.1, -0.05) is 13.8 Å². The van der Waals surface area contributed by atoms with Crippen molar-refractivity contribution in [2.45, 2.75) is 26.2 Å². The maximum absolute atomic E-state index is 13.3. The fraction of sp³-hybridized carbons (Fsp3) is 0.455. The van der Waals surface area contributed by atoms with Gasteiger partial charge in [-0.3, -0.25) is 0 Å². The largest absolute Gasteiger partial charge is 0.497 e. The van der Waals surface area contributed by atoms with Crippen molar-refractivity contribution in [1.82, 2.24) is 0 Å². The van der Waals surface area contributed by atoms with Gasteiger partial charge >= 0.3 is 0 Å². The molecule has 0 aliphatic rings. The van der Waals surface area contributed by atoms with Gasteiger partial charge in [0.15, 0.2) is 0 Å². The molecule has 0 N–H and O–H groups in total. The van der Waals surface area contributed by atoms with Crippen LogP contribution in [0.3, 0.4) is 0 Å². The van der Waals surface area contributed by atoms with Crippen LogP contribution in [0.25, 0.3) is 0 Å². The maximum Gasteiger partial charge on any atom is 0.126 e. The van der Waals surface area contributed by atoms with Crippen LogP contribution in [0.2, 0.25) is 0 Å². The first-order chi connectivity index (χ1) is 6.19. The molecule has 0 radical (unpaired) electrons. The molecule has 0 aromatic heterocycles. The molecule has 0 aliphatic carbocycles. The normalized spacial score (nSPS) is 12.6. The average molecular weight is 182 g/mol. The van der Waals surface area contributed by atoms with Crippen LogP contribution in [0.4, 0.5) is 4.39 Å². The molecular formula is C11H15FO. The van der Waals surface area contributed by atoms with Crippen molar-refractivity contribution in [1.29, 1.82) is 0 Å². The van der Waals surface area contributed by atoms with Gasteiger partial charge in [0.25, 0.3) is 0 Å². The molecule has 0 unspecified atom stereocenters. The standard InChI is InChI=1S/C11H15FO/c1-4-8(2)10-7-9(13-3)5-6-11(10)12/h5-8H,4H2,1-3H3/t8-/m1/s1. The Morgan fingerprint density at radius 3 is 2.69 bits per heavy atom. The van der Waals surface area contributed by atoms with Gasteiger partial charge < -0.3 is 4.74 Å². The number of methoxy groups -OCH3 is 1. The molecular weight excluding hydrogens is 167 g/mol. The number of benzene rings is 1. The molecule has 0 spiro atoms. The molecule has 0 saturated carbocycles. The number of ether oxygens (including phenoxy) is 1. The summed E-state index contributed by atoms with van der Waals surface area (Å²) in [6.45, 7) is 4.06. The fourth-order valence-electron chi connectivity index (χ4n) is 1.25. The number of hydrogen-bond acceptors (Lipinski definition) is 1. The summed E-state index contributed by atoms with van der Waals surface area (Å²) in [6, 6.07) is 4.87. The Morgan fingerprint density at radius 2 is 2.15 bits per heavy atom. The van der Waals surface area contributed by atoms with E-state index in [1.54, 1.807) is 19.2 Å². The average Bonchev–Trinajstić information content (AvgIpc) is 2.17. The molecule has 2 heteroatoms. The molecule has 1 aromatic rings. The van der Waals surface area contributed by atoms with Crippen LogP contribution in [0, 0.1) is 5.82 Å². The first-order valence-corrected chi connectivity index (χ1v) is 4.52. The number of halogens is 1. The molecule has 1 atom stereocenters. The summed E-state index contributed by atoms with van der Waals surface area (Å²) in [5, 5.41) is 0. The molecule has 0 heterocycles. The molecule has 1 aromatic carbocycles. The Hall–Kier alpha value is -1.05. The summed E-state index contributed by atoms with van der Waals surface area (Å²) in [7, 11) is 1.59. The monoisotopic (exact) mass is 182 g/mol. The first-order valence-electron chi connectivity index (χ1n) is 4.52. The van der Waals surface area contributed by atoms with Crippen LogP contribution in [0.1, 0.15) is 31.7 Å². The van der Waals surface area contributed by atoms with Crippen LogP contribution >= 0.6 is 0 Å². The molecule has 0 fully saturated rings. The summed E-state index contributed by atoms with van der Waals surface area (Å²) in [6.07, 6.45) is 0.935. The SMILES string of the molecule is CC[C@@H](C)c1cc(OC)ccc1F. The Labute approximate surface area is 78.5 Å². The quantitative estimate of drug-likeness (QED) is 0.696. The zero-order valence-corrected chi connectivity index (χ0v) is 8.30. The molecule has 1 rings (SSSR count). The lowest BCUT2D eigenvalue weighted by atomic mass is 9.98. The van der Waals surface area contributed by atoms with Gasteiger partial charge in [-0.2, -0.15) is 0 Å². The summed E-state index contributed by atoms with van der Waals surface area (Å²) in [5.74, 6) is 0.821. The minimum Gasteiger partial charge on any atom is -0.497 e. The van der Waals surface area contributed by atoms with Crippen molar-refractivity contribution < 1.29 is 9.13 Å².